The van der Waals surface area contributed by atoms with Crippen LogP contribution in [-0.2, 0) is 0 Å². The van der Waals surface area contributed by atoms with E-state index < -0.39 is 0 Å². The molecule has 1 aromatic carbocycles. The predicted octanol–water partition coefficient (Wildman–Crippen LogP) is 3.35. The van der Waals surface area contributed by atoms with E-state index in [1.54, 1.807) is 24.0 Å². The summed E-state index contributed by atoms with van der Waals surface area (Å²) in [6, 6.07) is 6.12. The van der Waals surface area contributed by atoms with Crippen LogP contribution in [0, 0.1) is 12.7 Å². The quantitative estimate of drug-likeness (QED) is 0.751. The fourth-order valence-electron chi connectivity index (χ4n) is 3.29. The molecule has 28 heavy (non-hydrogen) atoms. The topological polar surface area (TPSA) is 75.9 Å². The zero-order chi connectivity index (χ0) is 19.5. The molecule has 7 nitrogen and oxygen atoms in total. The molecule has 1 N–H and O–H groups in total. The van der Waals surface area contributed by atoms with E-state index >= 15 is 0 Å². The summed E-state index contributed by atoms with van der Waals surface area (Å²) in [5, 5.41) is 2.76. The van der Waals surface area contributed by atoms with Gasteiger partial charge in [-0.15, -0.1) is 0 Å². The van der Waals surface area contributed by atoms with Crippen LogP contribution in [0.1, 0.15) is 35.3 Å². The Hall–Kier alpha value is -3.29. The molecule has 0 aliphatic carbocycles. The van der Waals surface area contributed by atoms with Crippen molar-refractivity contribution in [2.45, 2.75) is 26.2 Å². The summed E-state index contributed by atoms with van der Waals surface area (Å²) in [5.74, 6) is 0.832. The van der Waals surface area contributed by atoms with Gasteiger partial charge in [-0.25, -0.2) is 19.3 Å². The zero-order valence-electron chi connectivity index (χ0n) is 15.6. The fourth-order valence-corrected chi connectivity index (χ4v) is 3.29. The maximum Gasteiger partial charge on any atom is 0.275 e. The van der Waals surface area contributed by atoms with Crippen LogP contribution >= 0.6 is 0 Å². The number of halogens is 1. The molecule has 1 amide bonds. The lowest BCUT2D eigenvalue weighted by Crippen LogP contribution is -2.30. The van der Waals surface area contributed by atoms with Crippen molar-refractivity contribution in [2.24, 2.45) is 0 Å². The molecule has 8 heteroatoms. The van der Waals surface area contributed by atoms with E-state index in [0.717, 1.165) is 31.7 Å². The van der Waals surface area contributed by atoms with Crippen LogP contribution < -0.4 is 10.2 Å². The fraction of sp³-hybridized carbons (Fsp3) is 0.300. The molecule has 3 aromatic rings. The number of amides is 1. The van der Waals surface area contributed by atoms with E-state index in [9.17, 15) is 9.18 Å². The van der Waals surface area contributed by atoms with E-state index in [1.165, 1.54) is 30.9 Å². The highest BCUT2D eigenvalue weighted by molar-refractivity contribution is 6.03. The average molecular weight is 380 g/mol. The monoisotopic (exact) mass is 380 g/mol. The number of hydrogen-bond donors (Lipinski definition) is 1. The molecule has 1 saturated heterocycles. The number of carbonyl (C=O) groups is 1. The molecule has 4 rings (SSSR count). The summed E-state index contributed by atoms with van der Waals surface area (Å²) in [7, 11) is 0. The lowest BCUT2D eigenvalue weighted by atomic mass is 10.1. The van der Waals surface area contributed by atoms with Gasteiger partial charge in [0.25, 0.3) is 5.91 Å². The molecule has 0 unspecified atom stereocenters. The summed E-state index contributed by atoms with van der Waals surface area (Å²) in [6.45, 7) is 3.72. The van der Waals surface area contributed by atoms with Crippen molar-refractivity contribution < 1.29 is 9.18 Å². The van der Waals surface area contributed by atoms with Gasteiger partial charge in [0.15, 0.2) is 0 Å². The molecule has 1 aliphatic rings. The Morgan fingerprint density at radius 1 is 1.07 bits per heavy atom. The Kier molecular flexibility index (Phi) is 5.01. The zero-order valence-corrected chi connectivity index (χ0v) is 15.6. The number of imidazole rings is 1. The second-order valence-corrected chi connectivity index (χ2v) is 6.86. The van der Waals surface area contributed by atoms with Gasteiger partial charge < -0.3 is 10.2 Å². The van der Waals surface area contributed by atoms with Gasteiger partial charge in [0.05, 0.1) is 0 Å². The third kappa shape index (κ3) is 3.85. The first-order chi connectivity index (χ1) is 13.6. The minimum Gasteiger partial charge on any atom is -0.356 e. The van der Waals surface area contributed by atoms with E-state index in [4.69, 9.17) is 0 Å². The van der Waals surface area contributed by atoms with Crippen LogP contribution in [0.4, 0.5) is 15.9 Å². The highest BCUT2D eigenvalue weighted by Crippen LogP contribution is 2.20. The molecule has 0 bridgehead atoms. The number of nitrogens with one attached hydrogen (secondary N) is 1. The summed E-state index contributed by atoms with van der Waals surface area (Å²) < 4.78 is 14.9. The third-order valence-corrected chi connectivity index (χ3v) is 4.83. The smallest absolute Gasteiger partial charge is 0.275 e. The summed E-state index contributed by atoms with van der Waals surface area (Å²) in [6.07, 6.45) is 8.28. The van der Waals surface area contributed by atoms with Crippen molar-refractivity contribution in [3.63, 3.8) is 0 Å². The number of aromatic nitrogens is 4. The molecule has 3 heterocycles. The van der Waals surface area contributed by atoms with E-state index in [0.29, 0.717) is 17.1 Å². The maximum atomic E-state index is 13.2. The molecule has 0 radical (unpaired) electrons. The second kappa shape index (κ2) is 7.75. The maximum absolute atomic E-state index is 13.2. The predicted molar refractivity (Wildman–Crippen MR) is 104 cm³/mol. The molecule has 2 aromatic heterocycles. The summed E-state index contributed by atoms with van der Waals surface area (Å²) in [4.78, 5) is 27.6. The highest BCUT2D eigenvalue weighted by atomic mass is 19.1. The van der Waals surface area contributed by atoms with Crippen LogP contribution in [0.2, 0.25) is 0 Å². The molecule has 144 valence electrons. The number of hydrogen-bond acceptors (Lipinski definition) is 5. The number of benzene rings is 1. The highest BCUT2D eigenvalue weighted by Gasteiger charge is 2.15. The molecule has 0 saturated carbocycles. The van der Waals surface area contributed by atoms with Crippen LogP contribution in [0.15, 0.2) is 43.1 Å². The van der Waals surface area contributed by atoms with Gasteiger partial charge in [-0.2, -0.15) is 0 Å². The van der Waals surface area contributed by atoms with Crippen LogP contribution in [0.3, 0.4) is 0 Å². The van der Waals surface area contributed by atoms with Crippen molar-refractivity contribution in [3.8, 4) is 5.82 Å². The number of anilines is 2. The molecule has 1 fully saturated rings. The first-order valence-electron chi connectivity index (χ1n) is 9.29. The Morgan fingerprint density at radius 3 is 2.64 bits per heavy atom. The molecule has 1 aliphatic heterocycles. The number of nitrogens with zero attached hydrogens (tertiary/aromatic N) is 5. The SMILES string of the molecule is Cc1cc(F)ccc1NC(=O)c1cn(-c2cc(N3CCCCC3)ncn2)cn1. The molecular formula is C20H21FN6O. The van der Waals surface area contributed by atoms with Gasteiger partial charge in [-0.3, -0.25) is 9.36 Å². The van der Waals surface area contributed by atoms with Crippen molar-refractivity contribution >= 4 is 17.4 Å². The van der Waals surface area contributed by atoms with Gasteiger partial charge in [-0.05, 0) is 49.9 Å². The minimum atomic E-state index is -0.362. The number of carbonyl (C=O) groups excluding carboxylic acids is 1. The van der Waals surface area contributed by atoms with Gasteiger partial charge in [0.2, 0.25) is 0 Å². The van der Waals surface area contributed by atoms with Gasteiger partial charge in [0.1, 0.15) is 35.8 Å². The first-order valence-corrected chi connectivity index (χ1v) is 9.29. The minimum absolute atomic E-state index is 0.252. The van der Waals surface area contributed by atoms with E-state index in [-0.39, 0.29) is 17.4 Å². The lowest BCUT2D eigenvalue weighted by Gasteiger charge is -2.27. The van der Waals surface area contributed by atoms with Gasteiger partial charge in [0, 0.05) is 31.0 Å². The Labute approximate surface area is 162 Å². The number of aryl methyl sites for hydroxylation is 1. The summed E-state index contributed by atoms with van der Waals surface area (Å²) in [5.41, 5.74) is 1.45. The van der Waals surface area contributed by atoms with Gasteiger partial charge >= 0.3 is 0 Å². The van der Waals surface area contributed by atoms with Gasteiger partial charge in [-0.1, -0.05) is 0 Å². The van der Waals surface area contributed by atoms with E-state index in [1.807, 2.05) is 6.07 Å². The standard InChI is InChI=1S/C20H21FN6O/c1-14-9-15(21)5-6-16(14)25-20(28)17-11-27(13-24-17)19-10-18(22-12-23-19)26-7-3-2-4-8-26/h5-6,9-13H,2-4,7-8H2,1H3,(H,25,28). The van der Waals surface area contributed by atoms with E-state index in [2.05, 4.69) is 25.2 Å². The van der Waals surface area contributed by atoms with Crippen molar-refractivity contribution in [2.75, 3.05) is 23.3 Å². The Morgan fingerprint density at radius 2 is 1.86 bits per heavy atom. The number of rotatable bonds is 4. The Balaban J connectivity index is 1.51. The number of piperidine rings is 1. The van der Waals surface area contributed by atoms with Crippen LogP contribution in [0.25, 0.3) is 5.82 Å². The third-order valence-electron chi connectivity index (χ3n) is 4.83. The second-order valence-electron chi connectivity index (χ2n) is 6.86. The first kappa shape index (κ1) is 18.1. The van der Waals surface area contributed by atoms with Crippen molar-refractivity contribution in [1.82, 2.24) is 19.5 Å². The van der Waals surface area contributed by atoms with Crippen molar-refractivity contribution in [3.05, 3.63) is 60.2 Å². The Bertz CT molecular complexity index is 996. The lowest BCUT2D eigenvalue weighted by molar-refractivity contribution is 0.102. The molecular weight excluding hydrogens is 359 g/mol. The normalized spacial score (nSPS) is 14.1. The molecule has 0 atom stereocenters. The van der Waals surface area contributed by atoms with Crippen molar-refractivity contribution in [1.29, 1.82) is 0 Å². The summed E-state index contributed by atoms with van der Waals surface area (Å²) >= 11 is 0. The average Bonchev–Trinajstić information content (AvgIpc) is 3.21. The largest absolute Gasteiger partial charge is 0.356 e. The molecule has 0 spiro atoms. The van der Waals surface area contributed by atoms with Crippen LogP contribution in [0.5, 0.6) is 0 Å². The van der Waals surface area contributed by atoms with Crippen LogP contribution in [-0.4, -0.2) is 38.5 Å².